The van der Waals surface area contributed by atoms with Crippen LogP contribution in [0.2, 0.25) is 0 Å². The number of nitrogens with one attached hydrogen (secondary N) is 1. The summed E-state index contributed by atoms with van der Waals surface area (Å²) < 4.78 is 10.4. The van der Waals surface area contributed by atoms with E-state index in [0.29, 0.717) is 26.4 Å². The molecule has 20 heavy (non-hydrogen) atoms. The Labute approximate surface area is 116 Å². The van der Waals surface area contributed by atoms with E-state index in [2.05, 4.69) is 5.32 Å². The average Bonchev–Trinajstić information content (AvgIpc) is 2.48. The van der Waals surface area contributed by atoms with E-state index in [1.165, 1.54) is 4.90 Å². The molecule has 0 saturated carbocycles. The minimum Gasteiger partial charge on any atom is -0.480 e. The molecule has 2 saturated heterocycles. The zero-order valence-corrected chi connectivity index (χ0v) is 11.2. The van der Waals surface area contributed by atoms with E-state index in [-0.39, 0.29) is 26.1 Å². The highest BCUT2D eigenvalue weighted by molar-refractivity contribution is 5.86. The lowest BCUT2D eigenvalue weighted by Gasteiger charge is -2.39. The van der Waals surface area contributed by atoms with E-state index in [1.807, 2.05) is 0 Å². The molecule has 0 aromatic heterocycles. The zero-order chi connectivity index (χ0) is 14.6. The van der Waals surface area contributed by atoms with Gasteiger partial charge in [0.25, 0.3) is 0 Å². The van der Waals surface area contributed by atoms with Crippen molar-refractivity contribution in [3.8, 4) is 0 Å². The summed E-state index contributed by atoms with van der Waals surface area (Å²) in [6.07, 6.45) is 0.477. The summed E-state index contributed by atoms with van der Waals surface area (Å²) in [5.74, 6) is -1.05. The number of aliphatic carboxylic acids is 1. The third kappa shape index (κ3) is 3.02. The van der Waals surface area contributed by atoms with Gasteiger partial charge in [-0.15, -0.1) is 0 Å². The fourth-order valence-electron chi connectivity index (χ4n) is 2.46. The molecule has 1 unspecified atom stereocenters. The standard InChI is InChI=1S/C12H20N2O6/c15-7-9-8-20-6-3-14(9)11(18)13-12(10(16)17)1-4-19-5-2-12/h9,15H,1-8H2,(H,13,18)(H,16,17). The number of urea groups is 1. The van der Waals surface area contributed by atoms with Gasteiger partial charge in [0.2, 0.25) is 0 Å². The predicted molar refractivity (Wildman–Crippen MR) is 67.4 cm³/mol. The van der Waals surface area contributed by atoms with Crippen LogP contribution in [0, 0.1) is 0 Å². The number of ether oxygens (including phenoxy) is 2. The molecule has 8 nitrogen and oxygen atoms in total. The lowest BCUT2D eigenvalue weighted by molar-refractivity contribution is -0.148. The van der Waals surface area contributed by atoms with Crippen molar-refractivity contribution in [3.63, 3.8) is 0 Å². The molecule has 2 aliphatic heterocycles. The summed E-state index contributed by atoms with van der Waals surface area (Å²) in [6.45, 7) is 1.37. The third-order valence-electron chi connectivity index (χ3n) is 3.80. The molecule has 0 radical (unpaired) electrons. The van der Waals surface area contributed by atoms with Crippen molar-refractivity contribution in [2.24, 2.45) is 0 Å². The maximum Gasteiger partial charge on any atom is 0.329 e. The Morgan fingerprint density at radius 2 is 1.95 bits per heavy atom. The molecule has 0 aliphatic carbocycles. The van der Waals surface area contributed by atoms with E-state index in [9.17, 15) is 19.8 Å². The number of nitrogens with zero attached hydrogens (tertiary/aromatic N) is 1. The van der Waals surface area contributed by atoms with Crippen LogP contribution in [0.4, 0.5) is 4.79 Å². The number of aliphatic hydroxyl groups is 1. The molecular formula is C12H20N2O6. The summed E-state index contributed by atoms with van der Waals surface area (Å²) in [6, 6.07) is -0.911. The minimum absolute atomic E-state index is 0.212. The van der Waals surface area contributed by atoms with E-state index in [4.69, 9.17) is 9.47 Å². The van der Waals surface area contributed by atoms with Crippen LogP contribution in [0.5, 0.6) is 0 Å². The molecule has 2 amide bonds. The smallest absolute Gasteiger partial charge is 0.329 e. The Bertz CT molecular complexity index is 369. The summed E-state index contributed by atoms with van der Waals surface area (Å²) in [5, 5.41) is 21.3. The van der Waals surface area contributed by atoms with Crippen molar-refractivity contribution >= 4 is 12.0 Å². The van der Waals surface area contributed by atoms with Gasteiger partial charge in [-0.2, -0.15) is 0 Å². The summed E-state index contributed by atoms with van der Waals surface area (Å²) >= 11 is 0. The maximum absolute atomic E-state index is 12.3. The molecule has 2 rings (SSSR count). The van der Waals surface area contributed by atoms with E-state index in [1.54, 1.807) is 0 Å². The first-order chi connectivity index (χ1) is 9.59. The number of carbonyl (C=O) groups is 2. The molecule has 114 valence electrons. The molecule has 2 aliphatic rings. The molecule has 0 aromatic carbocycles. The molecule has 0 spiro atoms. The SMILES string of the molecule is O=C(NC1(C(=O)O)CCOCC1)N1CCOCC1CO. The second-order valence-corrected chi connectivity index (χ2v) is 5.03. The molecule has 2 fully saturated rings. The molecule has 3 N–H and O–H groups in total. The van der Waals surface area contributed by atoms with Gasteiger partial charge in [0.1, 0.15) is 5.54 Å². The van der Waals surface area contributed by atoms with E-state index < -0.39 is 23.6 Å². The van der Waals surface area contributed by atoms with E-state index in [0.717, 1.165) is 0 Å². The second kappa shape index (κ2) is 6.38. The van der Waals surface area contributed by atoms with Gasteiger partial charge >= 0.3 is 12.0 Å². The predicted octanol–water partition coefficient (Wildman–Crippen LogP) is -0.977. The highest BCUT2D eigenvalue weighted by atomic mass is 16.5. The number of morpholine rings is 1. The summed E-state index contributed by atoms with van der Waals surface area (Å²) in [7, 11) is 0. The van der Waals surface area contributed by atoms with Crippen LogP contribution >= 0.6 is 0 Å². The monoisotopic (exact) mass is 288 g/mol. The van der Waals surface area contributed by atoms with Crippen molar-refractivity contribution in [2.75, 3.05) is 39.6 Å². The average molecular weight is 288 g/mol. The topological polar surface area (TPSA) is 108 Å². The maximum atomic E-state index is 12.3. The van der Waals surface area contributed by atoms with Crippen LogP contribution in [0.3, 0.4) is 0 Å². The van der Waals surface area contributed by atoms with Crippen molar-refractivity contribution in [1.29, 1.82) is 0 Å². The lowest BCUT2D eigenvalue weighted by Crippen LogP contribution is -2.63. The number of aliphatic hydroxyl groups excluding tert-OH is 1. The highest BCUT2D eigenvalue weighted by Crippen LogP contribution is 2.22. The normalized spacial score (nSPS) is 26.1. The van der Waals surface area contributed by atoms with Crippen molar-refractivity contribution in [1.82, 2.24) is 10.2 Å². The first kappa shape index (κ1) is 15.0. The van der Waals surface area contributed by atoms with Crippen molar-refractivity contribution < 1.29 is 29.3 Å². The summed E-state index contributed by atoms with van der Waals surface area (Å²) in [4.78, 5) is 25.2. The molecule has 0 bridgehead atoms. The van der Waals surface area contributed by atoms with Crippen LogP contribution in [-0.2, 0) is 14.3 Å². The molecule has 0 aromatic rings. The van der Waals surface area contributed by atoms with Gasteiger partial charge in [0, 0.05) is 32.6 Å². The second-order valence-electron chi connectivity index (χ2n) is 5.03. The van der Waals surface area contributed by atoms with Crippen LogP contribution in [0.25, 0.3) is 0 Å². The zero-order valence-electron chi connectivity index (χ0n) is 11.2. The fraction of sp³-hybridized carbons (Fsp3) is 0.833. The van der Waals surface area contributed by atoms with Crippen molar-refractivity contribution in [2.45, 2.75) is 24.4 Å². The fourth-order valence-corrected chi connectivity index (χ4v) is 2.46. The van der Waals surface area contributed by atoms with Gasteiger partial charge in [-0.05, 0) is 0 Å². The molecule has 1 atom stereocenters. The Morgan fingerprint density at radius 3 is 2.55 bits per heavy atom. The van der Waals surface area contributed by atoms with Gasteiger partial charge in [0.05, 0.1) is 25.9 Å². The number of carboxylic acid groups (broad SMARTS) is 1. The highest BCUT2D eigenvalue weighted by Gasteiger charge is 2.43. The van der Waals surface area contributed by atoms with Gasteiger partial charge in [-0.3, -0.25) is 0 Å². The Morgan fingerprint density at radius 1 is 1.25 bits per heavy atom. The quantitative estimate of drug-likeness (QED) is 0.616. The van der Waals surface area contributed by atoms with E-state index >= 15 is 0 Å². The minimum atomic E-state index is -1.28. The Kier molecular flexibility index (Phi) is 4.79. The largest absolute Gasteiger partial charge is 0.480 e. The first-order valence-electron chi connectivity index (χ1n) is 6.67. The molecule has 2 heterocycles. The first-order valence-corrected chi connectivity index (χ1v) is 6.67. The number of carboxylic acids is 1. The van der Waals surface area contributed by atoms with Crippen molar-refractivity contribution in [3.05, 3.63) is 0 Å². The summed E-state index contributed by atoms with van der Waals surface area (Å²) in [5.41, 5.74) is -1.28. The van der Waals surface area contributed by atoms with Crippen LogP contribution in [0.15, 0.2) is 0 Å². The molecule has 8 heteroatoms. The van der Waals surface area contributed by atoms with Gasteiger partial charge in [0.15, 0.2) is 0 Å². The number of amides is 2. The Hall–Kier alpha value is -1.38. The number of hydrogen-bond donors (Lipinski definition) is 3. The van der Waals surface area contributed by atoms with Gasteiger partial charge in [-0.25, -0.2) is 9.59 Å². The van der Waals surface area contributed by atoms with Crippen LogP contribution in [-0.4, -0.2) is 78.3 Å². The number of hydrogen-bond acceptors (Lipinski definition) is 5. The number of rotatable bonds is 3. The third-order valence-corrected chi connectivity index (χ3v) is 3.80. The van der Waals surface area contributed by atoms with Crippen LogP contribution in [0.1, 0.15) is 12.8 Å². The van der Waals surface area contributed by atoms with Gasteiger partial charge in [-0.1, -0.05) is 0 Å². The molecular weight excluding hydrogens is 268 g/mol. The lowest BCUT2D eigenvalue weighted by atomic mass is 9.90. The van der Waals surface area contributed by atoms with Crippen LogP contribution < -0.4 is 5.32 Å². The van der Waals surface area contributed by atoms with Gasteiger partial charge < -0.3 is 29.9 Å². The number of carbonyl (C=O) groups excluding carboxylic acids is 1. The Balaban J connectivity index is 2.05.